The highest BCUT2D eigenvalue weighted by atomic mass is 19.4. The van der Waals surface area contributed by atoms with Gasteiger partial charge in [-0.1, -0.05) is 11.6 Å². The maximum atomic E-state index is 12.4. The molecule has 1 saturated heterocycles. The molecule has 1 saturated carbocycles. The molecule has 3 aromatic heterocycles. The lowest BCUT2D eigenvalue weighted by atomic mass is 9.91. The van der Waals surface area contributed by atoms with E-state index in [0.717, 1.165) is 49.3 Å². The van der Waals surface area contributed by atoms with E-state index in [0.29, 0.717) is 17.8 Å². The fourth-order valence-corrected chi connectivity index (χ4v) is 5.00. The van der Waals surface area contributed by atoms with Crippen LogP contribution in [0.15, 0.2) is 53.2 Å². The molecular weight excluding hydrogens is 511 g/mol. The molecule has 6 rings (SSSR count). The van der Waals surface area contributed by atoms with Gasteiger partial charge in [-0.2, -0.15) is 10.1 Å². The zero-order valence-corrected chi connectivity index (χ0v) is 21.4. The van der Waals surface area contributed by atoms with Crippen LogP contribution >= 0.6 is 0 Å². The van der Waals surface area contributed by atoms with E-state index in [1.807, 2.05) is 29.9 Å². The summed E-state index contributed by atoms with van der Waals surface area (Å²) in [5.41, 5.74) is 3.02. The minimum Gasteiger partial charge on any atom is -0.406 e. The lowest BCUT2D eigenvalue weighted by molar-refractivity contribution is -0.274. The van der Waals surface area contributed by atoms with Gasteiger partial charge in [0.2, 0.25) is 5.82 Å². The van der Waals surface area contributed by atoms with Crippen LogP contribution < -0.4 is 9.64 Å². The van der Waals surface area contributed by atoms with Gasteiger partial charge in [0.15, 0.2) is 5.69 Å². The number of pyridine rings is 1. The van der Waals surface area contributed by atoms with Crippen molar-refractivity contribution in [2.75, 3.05) is 31.1 Å². The Morgan fingerprint density at radius 3 is 2.49 bits per heavy atom. The number of benzene rings is 1. The van der Waals surface area contributed by atoms with Crippen molar-refractivity contribution in [3.63, 3.8) is 0 Å². The van der Waals surface area contributed by atoms with E-state index in [-0.39, 0.29) is 17.5 Å². The van der Waals surface area contributed by atoms with Crippen molar-refractivity contribution in [3.8, 4) is 28.7 Å². The van der Waals surface area contributed by atoms with Crippen LogP contribution in [-0.2, 0) is 6.54 Å². The van der Waals surface area contributed by atoms with Crippen LogP contribution in [0.1, 0.15) is 30.5 Å². The van der Waals surface area contributed by atoms with E-state index >= 15 is 0 Å². The van der Waals surface area contributed by atoms with Gasteiger partial charge in [-0.3, -0.25) is 9.58 Å². The molecule has 0 amide bonds. The molecule has 9 nitrogen and oxygen atoms in total. The molecule has 204 valence electrons. The first kappa shape index (κ1) is 25.4. The van der Waals surface area contributed by atoms with Crippen LogP contribution in [0.2, 0.25) is 0 Å². The van der Waals surface area contributed by atoms with E-state index in [1.54, 1.807) is 0 Å². The van der Waals surface area contributed by atoms with Gasteiger partial charge in [0, 0.05) is 49.7 Å². The molecule has 2 fully saturated rings. The standard InChI is InChI=1S/C27H28F3N7O2/c1-18-15-23(26-32-25(34-39-26)20-5-7-22(8-6-20)38-27(28,29)30)33-37(18)17-19-9-10-31-24(16-19)36-13-11-35(12-14-36)21-3-2-4-21/h5-10,15-16,21H,2-4,11-14,17H2,1H3. The van der Waals surface area contributed by atoms with Gasteiger partial charge in [0.25, 0.3) is 5.89 Å². The first-order valence-corrected chi connectivity index (χ1v) is 13.0. The zero-order chi connectivity index (χ0) is 27.0. The maximum Gasteiger partial charge on any atom is 0.573 e. The van der Waals surface area contributed by atoms with Gasteiger partial charge >= 0.3 is 6.36 Å². The third kappa shape index (κ3) is 5.75. The van der Waals surface area contributed by atoms with Gasteiger partial charge in [-0.05, 0) is 67.8 Å². The molecule has 0 N–H and O–H groups in total. The van der Waals surface area contributed by atoms with Gasteiger partial charge in [-0.15, -0.1) is 13.2 Å². The normalized spacial score (nSPS) is 16.9. The molecule has 0 radical (unpaired) electrons. The Bertz CT molecular complexity index is 1420. The number of nitrogens with zero attached hydrogens (tertiary/aromatic N) is 7. The maximum absolute atomic E-state index is 12.4. The Balaban J connectivity index is 1.12. The number of piperazine rings is 1. The van der Waals surface area contributed by atoms with Crippen molar-refractivity contribution in [2.45, 2.75) is 45.1 Å². The Labute approximate surface area is 223 Å². The summed E-state index contributed by atoms with van der Waals surface area (Å²) in [5, 5.41) is 8.62. The molecule has 1 aliphatic carbocycles. The highest BCUT2D eigenvalue weighted by molar-refractivity contribution is 5.59. The number of anilines is 1. The highest BCUT2D eigenvalue weighted by Crippen LogP contribution is 2.28. The molecule has 12 heteroatoms. The van der Waals surface area contributed by atoms with E-state index < -0.39 is 6.36 Å². The fourth-order valence-electron chi connectivity index (χ4n) is 5.00. The van der Waals surface area contributed by atoms with Crippen molar-refractivity contribution >= 4 is 5.82 Å². The predicted octanol–water partition coefficient (Wildman–Crippen LogP) is 4.92. The number of halogens is 3. The highest BCUT2D eigenvalue weighted by Gasteiger charge is 2.31. The molecule has 39 heavy (non-hydrogen) atoms. The summed E-state index contributed by atoms with van der Waals surface area (Å²) >= 11 is 0. The third-order valence-corrected chi connectivity index (χ3v) is 7.34. The van der Waals surface area contributed by atoms with Crippen molar-refractivity contribution in [3.05, 3.63) is 59.9 Å². The van der Waals surface area contributed by atoms with Gasteiger partial charge in [-0.25, -0.2) is 4.98 Å². The van der Waals surface area contributed by atoms with E-state index in [2.05, 4.69) is 40.8 Å². The van der Waals surface area contributed by atoms with E-state index in [4.69, 9.17) is 4.52 Å². The average molecular weight is 540 g/mol. The third-order valence-electron chi connectivity index (χ3n) is 7.34. The number of aromatic nitrogens is 5. The number of hydrogen-bond donors (Lipinski definition) is 0. The first-order valence-electron chi connectivity index (χ1n) is 13.0. The number of alkyl halides is 3. The fraction of sp³-hybridized carbons (Fsp3) is 0.407. The van der Waals surface area contributed by atoms with E-state index in [9.17, 15) is 13.2 Å². The molecule has 0 unspecified atom stereocenters. The minimum atomic E-state index is -4.75. The molecule has 2 aliphatic rings. The molecule has 1 aromatic carbocycles. The van der Waals surface area contributed by atoms with Crippen molar-refractivity contribution in [1.29, 1.82) is 0 Å². The second kappa shape index (κ2) is 10.3. The summed E-state index contributed by atoms with van der Waals surface area (Å²) < 4.78 is 48.4. The lowest BCUT2D eigenvalue weighted by Crippen LogP contribution is -2.52. The summed E-state index contributed by atoms with van der Waals surface area (Å²) in [6.45, 7) is 6.64. The summed E-state index contributed by atoms with van der Waals surface area (Å²) in [4.78, 5) is 14.0. The van der Waals surface area contributed by atoms with Gasteiger partial charge in [0.05, 0.1) is 6.54 Å². The minimum absolute atomic E-state index is 0.224. The van der Waals surface area contributed by atoms with Crippen molar-refractivity contribution < 1.29 is 22.4 Å². The van der Waals surface area contributed by atoms with Crippen molar-refractivity contribution in [2.24, 2.45) is 0 Å². The zero-order valence-electron chi connectivity index (χ0n) is 21.4. The van der Waals surface area contributed by atoms with Gasteiger partial charge < -0.3 is 14.2 Å². The second-order valence-electron chi connectivity index (χ2n) is 9.95. The topological polar surface area (TPSA) is 85.3 Å². The Hall–Kier alpha value is -3.93. The van der Waals surface area contributed by atoms with Gasteiger partial charge in [0.1, 0.15) is 11.6 Å². The van der Waals surface area contributed by atoms with Crippen LogP contribution in [0.25, 0.3) is 23.0 Å². The van der Waals surface area contributed by atoms with Crippen LogP contribution in [0.4, 0.5) is 19.0 Å². The monoisotopic (exact) mass is 539 g/mol. The summed E-state index contributed by atoms with van der Waals surface area (Å²) in [7, 11) is 0. The number of aryl methyl sites for hydroxylation is 1. The Morgan fingerprint density at radius 1 is 1.03 bits per heavy atom. The molecule has 4 heterocycles. The van der Waals surface area contributed by atoms with Crippen LogP contribution in [-0.4, -0.2) is 68.4 Å². The largest absolute Gasteiger partial charge is 0.573 e. The van der Waals surface area contributed by atoms with Crippen LogP contribution in [0, 0.1) is 6.92 Å². The number of rotatable bonds is 7. The molecule has 0 spiro atoms. The molecule has 4 aromatic rings. The quantitative estimate of drug-likeness (QED) is 0.327. The first-order chi connectivity index (χ1) is 18.8. The summed E-state index contributed by atoms with van der Waals surface area (Å²) in [6, 6.07) is 12.0. The smallest absolute Gasteiger partial charge is 0.406 e. The molecular formula is C27H28F3N7O2. The Kier molecular flexibility index (Phi) is 6.71. The van der Waals surface area contributed by atoms with Crippen LogP contribution in [0.3, 0.4) is 0 Å². The average Bonchev–Trinajstić information content (AvgIpc) is 3.51. The summed E-state index contributed by atoms with van der Waals surface area (Å²) in [5.74, 6) is 1.13. The Morgan fingerprint density at radius 2 is 1.79 bits per heavy atom. The lowest BCUT2D eigenvalue weighted by Gasteiger charge is -2.43. The number of hydrogen-bond acceptors (Lipinski definition) is 8. The van der Waals surface area contributed by atoms with E-state index in [1.165, 1.54) is 43.5 Å². The van der Waals surface area contributed by atoms with Crippen molar-refractivity contribution in [1.82, 2.24) is 29.8 Å². The summed E-state index contributed by atoms with van der Waals surface area (Å²) in [6.07, 6.45) is 1.11. The van der Waals surface area contributed by atoms with Crippen LogP contribution in [0.5, 0.6) is 5.75 Å². The molecule has 0 bridgehead atoms. The predicted molar refractivity (Wildman–Crippen MR) is 137 cm³/mol. The molecule has 1 aliphatic heterocycles. The second-order valence-corrected chi connectivity index (χ2v) is 9.95. The SMILES string of the molecule is Cc1cc(-c2nc(-c3ccc(OC(F)(F)F)cc3)no2)nn1Cc1ccnc(N2CCN(C3CCC3)CC2)c1. The number of ether oxygens (including phenoxy) is 1. The molecule has 0 atom stereocenters.